The van der Waals surface area contributed by atoms with E-state index in [0.717, 1.165) is 35.7 Å². The highest BCUT2D eigenvalue weighted by Gasteiger charge is 2.16. The van der Waals surface area contributed by atoms with E-state index in [9.17, 15) is 4.79 Å². The number of nitrogens with zero attached hydrogens (tertiary/aromatic N) is 3. The molecule has 0 radical (unpaired) electrons. The Kier molecular flexibility index (Phi) is 6.75. The molecular weight excluding hydrogens is 456 g/mol. The van der Waals surface area contributed by atoms with Crippen LogP contribution >= 0.6 is 11.8 Å². The zero-order valence-electron chi connectivity index (χ0n) is 18.9. The molecule has 0 bridgehead atoms. The number of benzene rings is 2. The Morgan fingerprint density at radius 1 is 0.912 bits per heavy atom. The van der Waals surface area contributed by atoms with E-state index in [1.54, 1.807) is 6.07 Å². The second-order valence-electron chi connectivity index (χ2n) is 8.02. The van der Waals surface area contributed by atoms with E-state index in [4.69, 9.17) is 18.9 Å². The number of ether oxygens (including phenoxy) is 4. The minimum Gasteiger partial charge on any atom is -0.490 e. The highest BCUT2D eigenvalue weighted by atomic mass is 32.2. The molecule has 1 amide bonds. The van der Waals surface area contributed by atoms with Gasteiger partial charge in [0, 0.05) is 38.1 Å². The lowest BCUT2D eigenvalue weighted by molar-refractivity contribution is -0.113. The number of amides is 1. The lowest BCUT2D eigenvalue weighted by Gasteiger charge is -2.10. The van der Waals surface area contributed by atoms with Gasteiger partial charge in [0.2, 0.25) is 5.91 Å². The average molecular weight is 483 g/mol. The van der Waals surface area contributed by atoms with Crippen LogP contribution in [0.1, 0.15) is 24.2 Å². The van der Waals surface area contributed by atoms with Gasteiger partial charge in [-0.2, -0.15) is 0 Å². The monoisotopic (exact) mass is 482 g/mol. The van der Waals surface area contributed by atoms with Gasteiger partial charge in [0.05, 0.1) is 32.2 Å². The van der Waals surface area contributed by atoms with Crippen LogP contribution in [-0.4, -0.2) is 52.9 Å². The Balaban J connectivity index is 1.18. The summed E-state index contributed by atoms with van der Waals surface area (Å²) < 4.78 is 24.7. The summed E-state index contributed by atoms with van der Waals surface area (Å²) in [5, 5.41) is 12.2. The van der Waals surface area contributed by atoms with Crippen LogP contribution in [0, 0.1) is 0 Å². The quantitative estimate of drug-likeness (QED) is 0.534. The van der Waals surface area contributed by atoms with Crippen molar-refractivity contribution in [3.05, 3.63) is 47.8 Å². The molecule has 1 N–H and O–H groups in total. The smallest absolute Gasteiger partial charge is 0.234 e. The number of carbonyl (C=O) groups excluding carboxylic acids is 1. The van der Waals surface area contributed by atoms with Crippen LogP contribution in [0.15, 0.2) is 41.6 Å². The van der Waals surface area contributed by atoms with Crippen molar-refractivity contribution in [1.29, 1.82) is 0 Å². The molecular formula is C24H26N4O5S. The summed E-state index contributed by atoms with van der Waals surface area (Å²) in [6.07, 6.45) is 2.31. The molecule has 2 aromatic carbocycles. The van der Waals surface area contributed by atoms with Crippen LogP contribution in [-0.2, 0) is 18.3 Å². The van der Waals surface area contributed by atoms with Crippen molar-refractivity contribution < 1.29 is 23.7 Å². The lowest BCUT2D eigenvalue weighted by atomic mass is 10.1. The fourth-order valence-electron chi connectivity index (χ4n) is 3.69. The third-order valence-electron chi connectivity index (χ3n) is 5.46. The zero-order valence-corrected chi connectivity index (χ0v) is 19.7. The van der Waals surface area contributed by atoms with Crippen molar-refractivity contribution in [3.63, 3.8) is 0 Å². The number of fused-ring (bicyclic) bond motifs is 2. The van der Waals surface area contributed by atoms with E-state index in [1.807, 2.05) is 41.9 Å². The SMILES string of the molecule is Cn1c(Cc2ccc3c(c2)OCCCO3)nnc1SCC(=O)Nc1ccc2c(c1)OCCCO2. The zero-order chi connectivity index (χ0) is 23.3. The molecule has 10 heteroatoms. The molecule has 0 saturated heterocycles. The number of aromatic nitrogens is 3. The number of nitrogens with one attached hydrogen (secondary N) is 1. The van der Waals surface area contributed by atoms with E-state index < -0.39 is 0 Å². The van der Waals surface area contributed by atoms with Crippen molar-refractivity contribution in [2.24, 2.45) is 7.05 Å². The van der Waals surface area contributed by atoms with Gasteiger partial charge in [-0.1, -0.05) is 17.8 Å². The molecule has 34 heavy (non-hydrogen) atoms. The van der Waals surface area contributed by atoms with Gasteiger partial charge >= 0.3 is 0 Å². The molecule has 0 saturated carbocycles. The summed E-state index contributed by atoms with van der Waals surface area (Å²) in [4.78, 5) is 12.5. The van der Waals surface area contributed by atoms with Crippen LogP contribution in [0.5, 0.6) is 23.0 Å². The van der Waals surface area contributed by atoms with Gasteiger partial charge in [0.15, 0.2) is 28.2 Å². The molecule has 5 rings (SSSR count). The van der Waals surface area contributed by atoms with Crippen LogP contribution in [0.3, 0.4) is 0 Å². The van der Waals surface area contributed by atoms with Gasteiger partial charge in [-0.3, -0.25) is 4.79 Å². The van der Waals surface area contributed by atoms with Crippen LogP contribution in [0.4, 0.5) is 5.69 Å². The topological polar surface area (TPSA) is 96.7 Å². The molecule has 0 atom stereocenters. The minimum absolute atomic E-state index is 0.132. The molecule has 3 aromatic rings. The van der Waals surface area contributed by atoms with Gasteiger partial charge in [-0.15, -0.1) is 10.2 Å². The molecule has 3 heterocycles. The molecule has 2 aliphatic rings. The number of carbonyl (C=O) groups is 1. The number of hydrogen-bond donors (Lipinski definition) is 1. The Morgan fingerprint density at radius 2 is 1.56 bits per heavy atom. The first-order chi connectivity index (χ1) is 16.7. The number of rotatable bonds is 6. The van der Waals surface area contributed by atoms with Crippen molar-refractivity contribution in [3.8, 4) is 23.0 Å². The Hall–Kier alpha value is -3.40. The first kappa shape index (κ1) is 22.4. The van der Waals surface area contributed by atoms with Gasteiger partial charge in [0.25, 0.3) is 0 Å². The second-order valence-corrected chi connectivity index (χ2v) is 8.96. The van der Waals surface area contributed by atoms with Gasteiger partial charge < -0.3 is 28.8 Å². The summed E-state index contributed by atoms with van der Waals surface area (Å²) in [5.41, 5.74) is 1.73. The van der Waals surface area contributed by atoms with E-state index in [-0.39, 0.29) is 11.7 Å². The highest BCUT2D eigenvalue weighted by Crippen LogP contribution is 2.33. The predicted octanol–water partition coefficient (Wildman–Crippen LogP) is 3.46. The van der Waals surface area contributed by atoms with Crippen molar-refractivity contribution >= 4 is 23.4 Å². The predicted molar refractivity (Wildman–Crippen MR) is 127 cm³/mol. The van der Waals surface area contributed by atoms with E-state index in [0.29, 0.717) is 55.2 Å². The maximum absolute atomic E-state index is 12.5. The number of thioether (sulfide) groups is 1. The molecule has 1 aromatic heterocycles. The number of anilines is 1. The van der Waals surface area contributed by atoms with E-state index in [2.05, 4.69) is 15.5 Å². The summed E-state index contributed by atoms with van der Waals surface area (Å²) in [6.45, 7) is 2.54. The second kappa shape index (κ2) is 10.3. The first-order valence-electron chi connectivity index (χ1n) is 11.2. The third kappa shape index (κ3) is 5.22. The van der Waals surface area contributed by atoms with Gasteiger partial charge in [-0.25, -0.2) is 0 Å². The Morgan fingerprint density at radius 3 is 2.29 bits per heavy atom. The van der Waals surface area contributed by atoms with Gasteiger partial charge in [0.1, 0.15) is 5.82 Å². The summed E-state index contributed by atoms with van der Waals surface area (Å²) in [5.74, 6) is 3.77. The molecule has 0 fully saturated rings. The lowest BCUT2D eigenvalue weighted by Crippen LogP contribution is -2.14. The van der Waals surface area contributed by atoms with Crippen LogP contribution in [0.25, 0.3) is 0 Å². The van der Waals surface area contributed by atoms with E-state index in [1.165, 1.54) is 11.8 Å². The maximum atomic E-state index is 12.5. The van der Waals surface area contributed by atoms with E-state index >= 15 is 0 Å². The average Bonchev–Trinajstić information content (AvgIpc) is 3.04. The van der Waals surface area contributed by atoms with Crippen LogP contribution in [0.2, 0.25) is 0 Å². The third-order valence-corrected chi connectivity index (χ3v) is 6.48. The standard InChI is InChI=1S/C24H26N4O5S/c1-28-22(13-16-4-6-18-20(12-16)32-10-2-8-30-18)26-27-24(28)34-15-23(29)25-17-5-7-19-21(14-17)33-11-3-9-31-19/h4-7,12,14H,2-3,8-11,13,15H2,1H3,(H,25,29). The molecule has 9 nitrogen and oxygen atoms in total. The first-order valence-corrected chi connectivity index (χ1v) is 12.2. The largest absolute Gasteiger partial charge is 0.490 e. The minimum atomic E-state index is -0.132. The van der Waals surface area contributed by atoms with Crippen molar-refractivity contribution in [2.45, 2.75) is 24.4 Å². The van der Waals surface area contributed by atoms with Gasteiger partial charge in [-0.05, 0) is 29.8 Å². The van der Waals surface area contributed by atoms with Crippen molar-refractivity contribution in [2.75, 3.05) is 37.5 Å². The summed E-state index contributed by atoms with van der Waals surface area (Å²) in [6, 6.07) is 11.4. The van der Waals surface area contributed by atoms with Crippen molar-refractivity contribution in [1.82, 2.24) is 14.8 Å². The molecule has 2 aliphatic heterocycles. The molecule has 0 aliphatic carbocycles. The van der Waals surface area contributed by atoms with Crippen LogP contribution < -0.4 is 24.3 Å². The molecule has 178 valence electrons. The molecule has 0 spiro atoms. The number of hydrogen-bond acceptors (Lipinski definition) is 8. The summed E-state index contributed by atoms with van der Waals surface area (Å²) in [7, 11) is 1.91. The summed E-state index contributed by atoms with van der Waals surface area (Å²) >= 11 is 1.34. The Labute approximate surface area is 201 Å². The fourth-order valence-corrected chi connectivity index (χ4v) is 4.42. The normalized spacial score (nSPS) is 14.7. The fraction of sp³-hybridized carbons (Fsp3) is 0.375. The molecule has 0 unspecified atom stereocenters. The highest BCUT2D eigenvalue weighted by molar-refractivity contribution is 7.99. The maximum Gasteiger partial charge on any atom is 0.234 e. The Bertz CT molecular complexity index is 1180.